The Morgan fingerprint density at radius 1 is 1.43 bits per heavy atom. The quantitative estimate of drug-likeness (QED) is 0.140. The minimum Gasteiger partial charge on any atom is -0.372 e. The van der Waals surface area contributed by atoms with Crippen LogP contribution in [0.3, 0.4) is 0 Å². The molecule has 112 valence electrons. The predicted molar refractivity (Wildman–Crippen MR) is 78.3 cm³/mol. The zero-order valence-corrected chi connectivity index (χ0v) is 12.1. The van der Waals surface area contributed by atoms with Gasteiger partial charge in [0.2, 0.25) is 0 Å². The maximum atomic E-state index is 11.9. The normalized spacial score (nSPS) is 11.2. The molecule has 7 heteroatoms. The summed E-state index contributed by atoms with van der Waals surface area (Å²) >= 11 is 5.42. The van der Waals surface area contributed by atoms with Crippen molar-refractivity contribution in [3.8, 4) is 0 Å². The lowest BCUT2D eigenvalue weighted by atomic mass is 10.0. The van der Waals surface area contributed by atoms with Crippen LogP contribution in [-0.4, -0.2) is 35.6 Å². The third-order valence-electron chi connectivity index (χ3n) is 2.53. The van der Waals surface area contributed by atoms with E-state index in [9.17, 15) is 19.7 Å². The monoisotopic (exact) mass is 311 g/mol. The van der Waals surface area contributed by atoms with Crippen LogP contribution in [0.4, 0.5) is 5.69 Å². The summed E-state index contributed by atoms with van der Waals surface area (Å²) in [6.07, 6.45) is 1.32. The van der Waals surface area contributed by atoms with E-state index >= 15 is 0 Å². The van der Waals surface area contributed by atoms with Crippen LogP contribution in [-0.2, 0) is 14.3 Å². The van der Waals surface area contributed by atoms with E-state index in [-0.39, 0.29) is 30.4 Å². The SMILES string of the molecule is CC(=O)/C(=C/c1cccc([N+](=O)[O-])c1)C(=O)COCCCl. The summed E-state index contributed by atoms with van der Waals surface area (Å²) in [4.78, 5) is 33.6. The molecule has 0 fully saturated rings. The molecule has 0 radical (unpaired) electrons. The maximum absolute atomic E-state index is 11.9. The molecule has 0 saturated carbocycles. The van der Waals surface area contributed by atoms with Gasteiger partial charge in [0.25, 0.3) is 5.69 Å². The molecule has 0 aromatic heterocycles. The van der Waals surface area contributed by atoms with Crippen molar-refractivity contribution in [1.82, 2.24) is 0 Å². The van der Waals surface area contributed by atoms with Gasteiger partial charge in [0.15, 0.2) is 11.6 Å². The number of carbonyl (C=O) groups excluding carboxylic acids is 2. The van der Waals surface area contributed by atoms with E-state index in [1.165, 1.54) is 31.2 Å². The molecule has 1 aromatic rings. The van der Waals surface area contributed by atoms with Gasteiger partial charge in [-0.1, -0.05) is 12.1 Å². The molecule has 1 rings (SSSR count). The van der Waals surface area contributed by atoms with Crippen LogP contribution in [0, 0.1) is 10.1 Å². The fourth-order valence-electron chi connectivity index (χ4n) is 1.57. The Kier molecular flexibility index (Phi) is 6.71. The van der Waals surface area contributed by atoms with Gasteiger partial charge in [-0.15, -0.1) is 11.6 Å². The van der Waals surface area contributed by atoms with Crippen molar-refractivity contribution in [2.45, 2.75) is 6.92 Å². The van der Waals surface area contributed by atoms with Gasteiger partial charge in [-0.3, -0.25) is 19.7 Å². The van der Waals surface area contributed by atoms with Crippen molar-refractivity contribution in [1.29, 1.82) is 0 Å². The second kappa shape index (κ2) is 8.28. The number of nitro groups is 1. The highest BCUT2D eigenvalue weighted by Gasteiger charge is 2.15. The number of Topliss-reactive ketones (excluding diaryl/α,β-unsaturated/α-hetero) is 2. The zero-order valence-electron chi connectivity index (χ0n) is 11.4. The number of ether oxygens (including phenoxy) is 1. The van der Waals surface area contributed by atoms with E-state index in [0.29, 0.717) is 5.56 Å². The molecule has 0 saturated heterocycles. The zero-order chi connectivity index (χ0) is 15.8. The minimum absolute atomic E-state index is 0.0647. The molecule has 0 aliphatic rings. The number of halogens is 1. The number of carbonyl (C=O) groups is 2. The van der Waals surface area contributed by atoms with E-state index in [1.54, 1.807) is 6.07 Å². The number of ketones is 2. The average molecular weight is 312 g/mol. The van der Waals surface area contributed by atoms with E-state index in [0.717, 1.165) is 0 Å². The first-order chi connectivity index (χ1) is 9.95. The standard InChI is InChI=1S/C14H14ClNO5/c1-10(17)13(14(18)9-21-6-5-15)8-11-3-2-4-12(7-11)16(19)20/h2-4,7-8H,5-6,9H2,1H3/b13-8-. The van der Waals surface area contributed by atoms with Crippen molar-refractivity contribution in [2.75, 3.05) is 19.1 Å². The lowest BCUT2D eigenvalue weighted by molar-refractivity contribution is -0.384. The largest absolute Gasteiger partial charge is 0.372 e. The summed E-state index contributed by atoms with van der Waals surface area (Å²) in [6, 6.07) is 5.67. The van der Waals surface area contributed by atoms with Gasteiger partial charge < -0.3 is 4.74 Å². The number of nitro benzene ring substituents is 1. The molecule has 0 bridgehead atoms. The van der Waals surface area contributed by atoms with Crippen molar-refractivity contribution >= 4 is 34.9 Å². The van der Waals surface area contributed by atoms with Gasteiger partial charge in [0.05, 0.1) is 17.1 Å². The number of rotatable bonds is 8. The molecule has 0 aliphatic heterocycles. The lowest BCUT2D eigenvalue weighted by Crippen LogP contribution is -2.17. The molecule has 6 nitrogen and oxygen atoms in total. The Hall–Kier alpha value is -2.05. The summed E-state index contributed by atoms with van der Waals surface area (Å²) in [5.74, 6) is -0.669. The van der Waals surface area contributed by atoms with Crippen LogP contribution < -0.4 is 0 Å². The fourth-order valence-corrected chi connectivity index (χ4v) is 1.68. The van der Waals surface area contributed by atoms with E-state index in [2.05, 4.69) is 0 Å². The molecule has 21 heavy (non-hydrogen) atoms. The number of hydrogen-bond acceptors (Lipinski definition) is 5. The van der Waals surface area contributed by atoms with Gasteiger partial charge in [-0.05, 0) is 18.6 Å². The Labute approximate surface area is 126 Å². The highest BCUT2D eigenvalue weighted by atomic mass is 35.5. The smallest absolute Gasteiger partial charge is 0.270 e. The van der Waals surface area contributed by atoms with Crippen molar-refractivity contribution in [3.63, 3.8) is 0 Å². The number of hydrogen-bond donors (Lipinski definition) is 0. The summed E-state index contributed by atoms with van der Waals surface area (Å²) in [6.45, 7) is 1.20. The summed E-state index contributed by atoms with van der Waals surface area (Å²) < 4.78 is 4.99. The molecular weight excluding hydrogens is 298 g/mol. The molecule has 0 heterocycles. The highest BCUT2D eigenvalue weighted by Crippen LogP contribution is 2.16. The third kappa shape index (κ3) is 5.45. The predicted octanol–water partition coefficient (Wildman–Crippen LogP) is 2.39. The first-order valence-corrected chi connectivity index (χ1v) is 6.63. The molecular formula is C14H14ClNO5. The van der Waals surface area contributed by atoms with Crippen LogP contribution in [0.5, 0.6) is 0 Å². The number of nitrogens with zero attached hydrogens (tertiary/aromatic N) is 1. The summed E-state index contributed by atoms with van der Waals surface area (Å²) in [7, 11) is 0. The number of non-ortho nitro benzene ring substituents is 1. The summed E-state index contributed by atoms with van der Waals surface area (Å²) in [5.41, 5.74) is 0.225. The van der Waals surface area contributed by atoms with E-state index in [1.807, 2.05) is 0 Å². The molecule has 1 aromatic carbocycles. The number of alkyl halides is 1. The van der Waals surface area contributed by atoms with Crippen LogP contribution in [0.15, 0.2) is 29.8 Å². The van der Waals surface area contributed by atoms with Crippen molar-refractivity contribution in [2.24, 2.45) is 0 Å². The Balaban J connectivity index is 2.99. The Bertz CT molecular complexity index is 582. The maximum Gasteiger partial charge on any atom is 0.270 e. The Morgan fingerprint density at radius 3 is 2.71 bits per heavy atom. The second-order valence-corrected chi connectivity index (χ2v) is 4.51. The van der Waals surface area contributed by atoms with Crippen LogP contribution in [0.2, 0.25) is 0 Å². The fraction of sp³-hybridized carbons (Fsp3) is 0.286. The van der Waals surface area contributed by atoms with Gasteiger partial charge in [-0.25, -0.2) is 0 Å². The number of benzene rings is 1. The molecule has 0 aliphatic carbocycles. The van der Waals surface area contributed by atoms with Crippen LogP contribution in [0.1, 0.15) is 12.5 Å². The van der Waals surface area contributed by atoms with E-state index < -0.39 is 16.5 Å². The van der Waals surface area contributed by atoms with Gasteiger partial charge in [0.1, 0.15) is 6.61 Å². The van der Waals surface area contributed by atoms with Gasteiger partial charge >= 0.3 is 0 Å². The highest BCUT2D eigenvalue weighted by molar-refractivity contribution is 6.23. The molecule has 0 atom stereocenters. The molecule has 0 spiro atoms. The lowest BCUT2D eigenvalue weighted by Gasteiger charge is -2.04. The van der Waals surface area contributed by atoms with Crippen LogP contribution in [0.25, 0.3) is 6.08 Å². The van der Waals surface area contributed by atoms with Crippen LogP contribution >= 0.6 is 11.6 Å². The first-order valence-electron chi connectivity index (χ1n) is 6.09. The molecule has 0 amide bonds. The van der Waals surface area contributed by atoms with Gasteiger partial charge in [-0.2, -0.15) is 0 Å². The molecule has 0 N–H and O–H groups in total. The first kappa shape index (κ1) is 17.0. The third-order valence-corrected chi connectivity index (χ3v) is 2.68. The van der Waals surface area contributed by atoms with Crippen molar-refractivity contribution < 1.29 is 19.2 Å². The minimum atomic E-state index is -0.545. The van der Waals surface area contributed by atoms with Gasteiger partial charge in [0, 0.05) is 18.0 Å². The van der Waals surface area contributed by atoms with Crippen molar-refractivity contribution in [3.05, 3.63) is 45.5 Å². The topological polar surface area (TPSA) is 86.5 Å². The summed E-state index contributed by atoms with van der Waals surface area (Å²) in [5, 5.41) is 10.7. The average Bonchev–Trinajstić information content (AvgIpc) is 2.44. The Morgan fingerprint density at radius 2 is 2.14 bits per heavy atom. The molecule has 0 unspecified atom stereocenters. The second-order valence-electron chi connectivity index (χ2n) is 4.13. The van der Waals surface area contributed by atoms with E-state index in [4.69, 9.17) is 16.3 Å².